The average Bonchev–Trinajstić information content (AvgIpc) is 3.23. The molecule has 8 atom stereocenters. The third-order valence-corrected chi connectivity index (χ3v) is 17.4. The molecule has 60 heavy (non-hydrogen) atoms. The lowest BCUT2D eigenvalue weighted by Crippen LogP contribution is -2.65. The van der Waals surface area contributed by atoms with Crippen LogP contribution in [0.3, 0.4) is 0 Å². The smallest absolute Gasteiger partial charge is 0.251 e. The molecule has 0 saturated heterocycles. The zero-order valence-electron chi connectivity index (χ0n) is 37.4. The first-order valence-corrected chi connectivity index (χ1v) is 22.9. The van der Waals surface area contributed by atoms with Crippen molar-refractivity contribution in [2.75, 3.05) is 13.1 Å². The van der Waals surface area contributed by atoms with Gasteiger partial charge in [-0.15, -0.1) is 0 Å². The molecule has 322 valence electrons. The van der Waals surface area contributed by atoms with E-state index in [0.717, 1.165) is 68.9 Å². The summed E-state index contributed by atoms with van der Waals surface area (Å²) < 4.78 is 12.3. The Labute approximate surface area is 359 Å². The molecule has 3 N–H and O–H groups in total. The van der Waals surface area contributed by atoms with E-state index < -0.39 is 5.41 Å². The number of carbonyl (C=O) groups excluding carboxylic acids is 2. The molecule has 8 rings (SSSR count). The zero-order valence-corrected chi connectivity index (χ0v) is 37.4. The third kappa shape index (κ3) is 7.49. The largest absolute Gasteiger partial charge is 0.489 e. The molecule has 0 radical (unpaired) electrons. The lowest BCUT2D eigenvalue weighted by Gasteiger charge is -2.71. The lowest BCUT2D eigenvalue weighted by atomic mass is 9.33. The Bertz CT molecular complexity index is 2020. The first-order chi connectivity index (χ1) is 28.5. The summed E-state index contributed by atoms with van der Waals surface area (Å²) in [4.78, 5) is 28.4. The molecule has 7 heteroatoms. The molecule has 3 aromatic rings. The number of hydrogen-bond donors (Lipinski definition) is 3. The molecule has 7 nitrogen and oxygen atoms in total. The summed E-state index contributed by atoms with van der Waals surface area (Å²) in [5.41, 5.74) is 4.08. The van der Waals surface area contributed by atoms with Gasteiger partial charge in [0, 0.05) is 24.7 Å². The summed E-state index contributed by atoms with van der Waals surface area (Å²) >= 11 is 0. The number of carbonyl (C=O) groups is 2. The van der Waals surface area contributed by atoms with Crippen LogP contribution in [0, 0.1) is 50.2 Å². The fourth-order valence-electron chi connectivity index (χ4n) is 13.6. The Morgan fingerprint density at radius 3 is 1.93 bits per heavy atom. The van der Waals surface area contributed by atoms with E-state index in [2.05, 4.69) is 65.2 Å². The fourth-order valence-corrected chi connectivity index (χ4v) is 13.6. The quantitative estimate of drug-likeness (QED) is 0.132. The maximum Gasteiger partial charge on any atom is 0.251 e. The van der Waals surface area contributed by atoms with Crippen molar-refractivity contribution >= 4 is 11.8 Å². The SMILES string of the molecule is CC1(C)CC[C@]2(C(=O)NCCNC(=O)c3cc(OCc4ccccc4)cc(OCc4ccccc4)c3)CC[C@]3(C)C(=CC[C@@H]4[C@@]5(C)CC[C@H](O)C(C)(C)[C@@H]5CC[C@]43C)[C@@H]2C1. The molecule has 0 bridgehead atoms. The first kappa shape index (κ1) is 42.6. The molecular formula is C53H70N2O5. The molecule has 5 aliphatic carbocycles. The number of fused-ring (bicyclic) bond motifs is 7. The van der Waals surface area contributed by atoms with E-state index >= 15 is 0 Å². The molecule has 4 saturated carbocycles. The highest BCUT2D eigenvalue weighted by Crippen LogP contribution is 2.75. The Kier molecular flexibility index (Phi) is 11.3. The van der Waals surface area contributed by atoms with Crippen LogP contribution in [0.25, 0.3) is 0 Å². The van der Waals surface area contributed by atoms with Crippen LogP contribution >= 0.6 is 0 Å². The number of nitrogens with one attached hydrogen (secondary N) is 2. The Balaban J connectivity index is 0.961. The second-order valence-corrected chi connectivity index (χ2v) is 21.5. The van der Waals surface area contributed by atoms with Crippen LogP contribution in [0.1, 0.15) is 134 Å². The summed E-state index contributed by atoms with van der Waals surface area (Å²) in [5.74, 6) is 2.30. The Morgan fingerprint density at radius 2 is 1.30 bits per heavy atom. The van der Waals surface area contributed by atoms with Gasteiger partial charge >= 0.3 is 0 Å². The van der Waals surface area contributed by atoms with Crippen LogP contribution in [0.15, 0.2) is 90.5 Å². The molecule has 0 aliphatic heterocycles. The predicted molar refractivity (Wildman–Crippen MR) is 238 cm³/mol. The minimum absolute atomic E-state index is 0.0307. The molecule has 4 fully saturated rings. The van der Waals surface area contributed by atoms with Gasteiger partial charge in [-0.3, -0.25) is 9.59 Å². The van der Waals surface area contributed by atoms with Crippen molar-refractivity contribution in [3.63, 3.8) is 0 Å². The van der Waals surface area contributed by atoms with Crippen molar-refractivity contribution in [1.82, 2.24) is 10.6 Å². The van der Waals surface area contributed by atoms with Crippen LogP contribution in [0.2, 0.25) is 0 Å². The van der Waals surface area contributed by atoms with Gasteiger partial charge in [-0.05, 0) is 132 Å². The van der Waals surface area contributed by atoms with Crippen LogP contribution in [0.5, 0.6) is 11.5 Å². The van der Waals surface area contributed by atoms with Gasteiger partial charge in [-0.1, -0.05) is 121 Å². The summed E-state index contributed by atoms with van der Waals surface area (Å²) in [6, 6.07) is 25.3. The van der Waals surface area contributed by atoms with Gasteiger partial charge in [0.1, 0.15) is 24.7 Å². The topological polar surface area (TPSA) is 96.9 Å². The van der Waals surface area contributed by atoms with Crippen molar-refractivity contribution in [3.05, 3.63) is 107 Å². The highest BCUT2D eigenvalue weighted by Gasteiger charge is 2.69. The van der Waals surface area contributed by atoms with E-state index in [-0.39, 0.29) is 50.9 Å². The minimum atomic E-state index is -0.443. The number of aliphatic hydroxyl groups excluding tert-OH is 1. The molecule has 0 aromatic heterocycles. The van der Waals surface area contributed by atoms with E-state index in [9.17, 15) is 14.7 Å². The van der Waals surface area contributed by atoms with Crippen molar-refractivity contribution < 1.29 is 24.2 Å². The van der Waals surface area contributed by atoms with Gasteiger partial charge in [0.15, 0.2) is 0 Å². The fraction of sp³-hybridized carbons (Fsp3) is 0.585. The number of aliphatic hydroxyl groups is 1. The molecule has 0 spiro atoms. The zero-order chi connectivity index (χ0) is 42.6. The highest BCUT2D eigenvalue weighted by atomic mass is 16.5. The highest BCUT2D eigenvalue weighted by molar-refractivity contribution is 5.95. The third-order valence-electron chi connectivity index (χ3n) is 17.4. The summed E-state index contributed by atoms with van der Waals surface area (Å²) in [7, 11) is 0. The van der Waals surface area contributed by atoms with Gasteiger partial charge in [-0.2, -0.15) is 0 Å². The predicted octanol–water partition coefficient (Wildman–Crippen LogP) is 10.9. The minimum Gasteiger partial charge on any atom is -0.489 e. The number of rotatable bonds is 11. The maximum absolute atomic E-state index is 14.7. The van der Waals surface area contributed by atoms with E-state index in [1.807, 2.05) is 66.7 Å². The number of benzene rings is 3. The van der Waals surface area contributed by atoms with E-state index in [1.165, 1.54) is 6.42 Å². The summed E-state index contributed by atoms with van der Waals surface area (Å²) in [6.07, 6.45) is 12.7. The van der Waals surface area contributed by atoms with Crippen molar-refractivity contribution in [2.45, 2.75) is 132 Å². The van der Waals surface area contributed by atoms with Crippen molar-refractivity contribution in [3.8, 4) is 11.5 Å². The van der Waals surface area contributed by atoms with Crippen LogP contribution < -0.4 is 20.1 Å². The molecule has 0 heterocycles. The monoisotopic (exact) mass is 815 g/mol. The van der Waals surface area contributed by atoms with Gasteiger partial charge in [-0.25, -0.2) is 0 Å². The second-order valence-electron chi connectivity index (χ2n) is 21.5. The van der Waals surface area contributed by atoms with Crippen molar-refractivity contribution in [2.24, 2.45) is 50.2 Å². The Morgan fingerprint density at radius 1 is 0.700 bits per heavy atom. The van der Waals surface area contributed by atoms with E-state index in [4.69, 9.17) is 9.47 Å². The number of allylic oxidation sites excluding steroid dienone is 2. The maximum atomic E-state index is 14.7. The Hall–Kier alpha value is -4.10. The number of amides is 2. The van der Waals surface area contributed by atoms with Gasteiger partial charge < -0.3 is 25.2 Å². The van der Waals surface area contributed by atoms with E-state index in [1.54, 1.807) is 17.7 Å². The molecular weight excluding hydrogens is 745 g/mol. The molecule has 2 amide bonds. The number of ether oxygens (including phenoxy) is 2. The molecule has 5 aliphatic rings. The van der Waals surface area contributed by atoms with E-state index in [0.29, 0.717) is 55.2 Å². The van der Waals surface area contributed by atoms with Crippen LogP contribution in [-0.4, -0.2) is 36.1 Å². The molecule has 0 unspecified atom stereocenters. The second kappa shape index (κ2) is 16.0. The van der Waals surface area contributed by atoms with Crippen LogP contribution in [0.4, 0.5) is 0 Å². The summed E-state index contributed by atoms with van der Waals surface area (Å²) in [5, 5.41) is 17.6. The van der Waals surface area contributed by atoms with Crippen LogP contribution in [-0.2, 0) is 18.0 Å². The van der Waals surface area contributed by atoms with Gasteiger partial charge in [0.25, 0.3) is 5.91 Å². The van der Waals surface area contributed by atoms with Crippen molar-refractivity contribution in [1.29, 1.82) is 0 Å². The van der Waals surface area contributed by atoms with Gasteiger partial charge in [0.05, 0.1) is 11.5 Å². The standard InChI is InChI=1S/C53H70N2O5/c1-48(2)24-26-53(27-25-51(6)41(42(53)33-48)18-19-44-50(5)22-21-45(56)49(3,4)43(50)20-23-52(44,51)7)47(58)55-29-28-54-46(57)38-30-39(59-34-36-14-10-8-11-15-36)32-40(31-38)60-35-37-16-12-9-13-17-37/h8-18,30-32,42-45,56H,19-29,33-35H2,1-7H3,(H,54,57)(H,55,58)/t42-,43-,44+,45-,50-,51+,52+,53-/m0/s1. The summed E-state index contributed by atoms with van der Waals surface area (Å²) in [6.45, 7) is 18.6. The molecule has 3 aromatic carbocycles. The van der Waals surface area contributed by atoms with Gasteiger partial charge in [0.2, 0.25) is 5.91 Å². The lowest BCUT2D eigenvalue weighted by molar-refractivity contribution is -0.203. The normalized spacial score (nSPS) is 33.7. The average molecular weight is 815 g/mol. The number of hydrogen-bond acceptors (Lipinski definition) is 5. The first-order valence-electron chi connectivity index (χ1n) is 22.9.